The van der Waals surface area contributed by atoms with Gasteiger partial charge in [-0.1, -0.05) is 18.2 Å². The molecule has 1 heterocycles. The van der Waals surface area contributed by atoms with E-state index in [1.165, 1.54) is 0 Å². The number of hydrogen-bond acceptors (Lipinski definition) is 3. The second kappa shape index (κ2) is 4.41. The molecule has 82 valence electrons. The average Bonchev–Trinajstić information content (AvgIpc) is 2.29. The minimum atomic E-state index is -0.225. The molecule has 1 atom stereocenters. The van der Waals surface area contributed by atoms with Crippen molar-refractivity contribution in [2.75, 3.05) is 14.1 Å². The van der Waals surface area contributed by atoms with Crippen molar-refractivity contribution in [3.63, 3.8) is 0 Å². The van der Waals surface area contributed by atoms with E-state index in [-0.39, 0.29) is 6.04 Å². The van der Waals surface area contributed by atoms with Crippen LogP contribution in [0.3, 0.4) is 0 Å². The van der Waals surface area contributed by atoms with Crippen molar-refractivity contribution in [1.82, 2.24) is 9.88 Å². The first-order valence-electron chi connectivity index (χ1n) is 5.19. The van der Waals surface area contributed by atoms with Gasteiger partial charge in [0.15, 0.2) is 0 Å². The van der Waals surface area contributed by atoms with Crippen LogP contribution in [0.4, 0.5) is 0 Å². The molecule has 1 unspecified atom stereocenters. The molecule has 3 nitrogen and oxygen atoms in total. The van der Waals surface area contributed by atoms with Crippen molar-refractivity contribution in [1.29, 1.82) is 0 Å². The zero-order chi connectivity index (χ0) is 11.5. The van der Waals surface area contributed by atoms with Gasteiger partial charge in [-0.15, -0.1) is 0 Å². The summed E-state index contributed by atoms with van der Waals surface area (Å²) in [6.45, 7) is 0. The molecule has 0 bridgehead atoms. The highest BCUT2D eigenvalue weighted by molar-refractivity contribution is 5.79. The van der Waals surface area contributed by atoms with Crippen LogP contribution < -0.4 is 0 Å². The summed E-state index contributed by atoms with van der Waals surface area (Å²) in [5.41, 5.74) is 1.88. The van der Waals surface area contributed by atoms with Crippen molar-refractivity contribution in [2.24, 2.45) is 0 Å². The van der Waals surface area contributed by atoms with Gasteiger partial charge in [-0.05, 0) is 31.8 Å². The minimum Gasteiger partial charge on any atom is -0.301 e. The topological polar surface area (TPSA) is 33.2 Å². The van der Waals surface area contributed by atoms with E-state index < -0.39 is 0 Å². The monoisotopic (exact) mass is 214 g/mol. The lowest BCUT2D eigenvalue weighted by molar-refractivity contribution is -0.111. The number of carbonyl (C=O) groups is 1. The van der Waals surface area contributed by atoms with Gasteiger partial charge in [-0.3, -0.25) is 9.88 Å². The van der Waals surface area contributed by atoms with Crippen LogP contribution in [0.25, 0.3) is 10.9 Å². The van der Waals surface area contributed by atoms with Gasteiger partial charge in [0.1, 0.15) is 6.29 Å². The Labute approximate surface area is 94.7 Å². The van der Waals surface area contributed by atoms with Crippen LogP contribution in [0.1, 0.15) is 11.6 Å². The largest absolute Gasteiger partial charge is 0.301 e. The van der Waals surface area contributed by atoms with E-state index in [4.69, 9.17) is 0 Å². The molecule has 16 heavy (non-hydrogen) atoms. The second-order valence-corrected chi connectivity index (χ2v) is 4.01. The number of fused-ring (bicyclic) bond motifs is 1. The highest BCUT2D eigenvalue weighted by atomic mass is 16.1. The zero-order valence-corrected chi connectivity index (χ0v) is 9.42. The molecule has 1 aromatic carbocycles. The molecule has 1 aromatic heterocycles. The van der Waals surface area contributed by atoms with Gasteiger partial charge in [0.25, 0.3) is 0 Å². The van der Waals surface area contributed by atoms with E-state index in [9.17, 15) is 4.79 Å². The van der Waals surface area contributed by atoms with E-state index in [0.717, 1.165) is 22.8 Å². The Morgan fingerprint density at radius 1 is 1.31 bits per heavy atom. The molecule has 0 amide bonds. The maximum absolute atomic E-state index is 11.0. The number of aromatic nitrogens is 1. The van der Waals surface area contributed by atoms with Gasteiger partial charge in [0, 0.05) is 11.6 Å². The predicted molar refractivity (Wildman–Crippen MR) is 64.2 cm³/mol. The summed E-state index contributed by atoms with van der Waals surface area (Å²) in [6.07, 6.45) is 2.70. The first-order chi connectivity index (χ1) is 7.72. The number of hydrogen-bond donors (Lipinski definition) is 0. The average molecular weight is 214 g/mol. The maximum Gasteiger partial charge on any atom is 0.141 e. The number of pyridine rings is 1. The molecular formula is C13H14N2O. The molecular weight excluding hydrogens is 200 g/mol. The number of likely N-dealkylation sites (N-methyl/N-ethyl adjacent to an activating group) is 1. The van der Waals surface area contributed by atoms with Crippen LogP contribution in [0.15, 0.2) is 36.5 Å². The SMILES string of the molecule is CN(C)C(C=O)c1cnc2ccccc2c1. The predicted octanol–water partition coefficient (Wildman–Crippen LogP) is 2.04. The smallest absolute Gasteiger partial charge is 0.141 e. The zero-order valence-electron chi connectivity index (χ0n) is 9.42. The van der Waals surface area contributed by atoms with Crippen molar-refractivity contribution in [3.8, 4) is 0 Å². The quantitative estimate of drug-likeness (QED) is 0.733. The Morgan fingerprint density at radius 3 is 2.75 bits per heavy atom. The molecule has 3 heteroatoms. The van der Waals surface area contributed by atoms with E-state index in [2.05, 4.69) is 4.98 Å². The van der Waals surface area contributed by atoms with E-state index >= 15 is 0 Å². The number of nitrogens with zero attached hydrogens (tertiary/aromatic N) is 2. The lowest BCUT2D eigenvalue weighted by atomic mass is 10.1. The van der Waals surface area contributed by atoms with Gasteiger partial charge >= 0.3 is 0 Å². The third-order valence-corrected chi connectivity index (χ3v) is 2.64. The Hall–Kier alpha value is -1.74. The number of aldehydes is 1. The molecule has 0 aliphatic carbocycles. The van der Waals surface area contributed by atoms with Gasteiger partial charge in [-0.25, -0.2) is 0 Å². The summed E-state index contributed by atoms with van der Waals surface area (Å²) < 4.78 is 0. The van der Waals surface area contributed by atoms with Crippen LogP contribution >= 0.6 is 0 Å². The summed E-state index contributed by atoms with van der Waals surface area (Å²) in [5.74, 6) is 0. The van der Waals surface area contributed by atoms with Crippen LogP contribution in [-0.2, 0) is 4.79 Å². The van der Waals surface area contributed by atoms with Gasteiger partial charge in [-0.2, -0.15) is 0 Å². The Balaban J connectivity index is 2.49. The Kier molecular flexibility index (Phi) is 2.97. The van der Waals surface area contributed by atoms with Gasteiger partial charge in [0.2, 0.25) is 0 Å². The number of benzene rings is 1. The third kappa shape index (κ3) is 1.95. The Bertz CT molecular complexity index is 508. The summed E-state index contributed by atoms with van der Waals surface area (Å²) >= 11 is 0. The molecule has 0 saturated carbocycles. The van der Waals surface area contributed by atoms with Crippen molar-refractivity contribution in [3.05, 3.63) is 42.1 Å². The summed E-state index contributed by atoms with van der Waals surface area (Å²) in [5, 5.41) is 1.06. The van der Waals surface area contributed by atoms with Gasteiger partial charge < -0.3 is 4.79 Å². The highest BCUT2D eigenvalue weighted by Crippen LogP contribution is 2.19. The maximum atomic E-state index is 11.0. The van der Waals surface area contributed by atoms with Crippen LogP contribution in [0, 0.1) is 0 Å². The van der Waals surface area contributed by atoms with Gasteiger partial charge in [0.05, 0.1) is 11.6 Å². The summed E-state index contributed by atoms with van der Waals surface area (Å²) in [7, 11) is 3.77. The number of rotatable bonds is 3. The molecule has 0 saturated heterocycles. The molecule has 0 fully saturated rings. The fourth-order valence-electron chi connectivity index (χ4n) is 1.75. The summed E-state index contributed by atoms with van der Waals surface area (Å²) in [6, 6.07) is 9.68. The second-order valence-electron chi connectivity index (χ2n) is 4.01. The fraction of sp³-hybridized carbons (Fsp3) is 0.231. The molecule has 0 aliphatic rings. The molecule has 0 spiro atoms. The normalized spacial score (nSPS) is 12.9. The summed E-state index contributed by atoms with van der Waals surface area (Å²) in [4.78, 5) is 17.2. The van der Waals surface area contributed by atoms with Crippen LogP contribution in [0.5, 0.6) is 0 Å². The van der Waals surface area contributed by atoms with E-state index in [1.807, 2.05) is 49.3 Å². The minimum absolute atomic E-state index is 0.225. The number of carbonyl (C=O) groups excluding carboxylic acids is 1. The first kappa shape index (κ1) is 10.8. The Morgan fingerprint density at radius 2 is 2.06 bits per heavy atom. The number of para-hydroxylation sites is 1. The molecule has 2 rings (SSSR count). The third-order valence-electron chi connectivity index (χ3n) is 2.64. The molecule has 0 aliphatic heterocycles. The van der Waals surface area contributed by atoms with Crippen molar-refractivity contribution >= 4 is 17.2 Å². The van der Waals surface area contributed by atoms with Crippen molar-refractivity contribution in [2.45, 2.75) is 6.04 Å². The standard InChI is InChI=1S/C13H14N2O/c1-15(2)13(9-16)11-7-10-5-3-4-6-12(10)14-8-11/h3-9,13H,1-2H3. The lowest BCUT2D eigenvalue weighted by Gasteiger charge is -2.18. The molecule has 2 aromatic rings. The highest BCUT2D eigenvalue weighted by Gasteiger charge is 2.13. The molecule has 0 N–H and O–H groups in total. The first-order valence-corrected chi connectivity index (χ1v) is 5.19. The van der Waals surface area contributed by atoms with Crippen LogP contribution in [0.2, 0.25) is 0 Å². The van der Waals surface area contributed by atoms with Crippen LogP contribution in [-0.4, -0.2) is 30.3 Å². The molecule has 0 radical (unpaired) electrons. The fourth-order valence-corrected chi connectivity index (χ4v) is 1.75. The van der Waals surface area contributed by atoms with Crippen molar-refractivity contribution < 1.29 is 4.79 Å². The van der Waals surface area contributed by atoms with E-state index in [0.29, 0.717) is 0 Å². The lowest BCUT2D eigenvalue weighted by Crippen LogP contribution is -2.21. The van der Waals surface area contributed by atoms with E-state index in [1.54, 1.807) is 6.20 Å².